The molecular formula is C21H24N4S. The number of anilines is 1. The molecule has 0 radical (unpaired) electrons. The standard InChI is InChI=1S/C21H24N4S/c1-16-22-9-5-21(24-16)18-3-2-4-20(13-18)25-10-6-19(7-11-25)23-14-17-8-12-26-15-17/h2-5,8-9,12-13,15,19,23H,6-7,10-11,14H2,1H3. The zero-order chi connectivity index (χ0) is 17.8. The molecular weight excluding hydrogens is 340 g/mol. The van der Waals surface area contributed by atoms with Gasteiger partial charge in [0.1, 0.15) is 5.82 Å². The number of thiophene rings is 1. The molecule has 1 fully saturated rings. The minimum Gasteiger partial charge on any atom is -0.371 e. The molecule has 0 bridgehead atoms. The van der Waals surface area contributed by atoms with E-state index < -0.39 is 0 Å². The van der Waals surface area contributed by atoms with Crippen LogP contribution in [-0.2, 0) is 6.54 Å². The Bertz CT molecular complexity index is 839. The summed E-state index contributed by atoms with van der Waals surface area (Å²) in [5, 5.41) is 8.07. The smallest absolute Gasteiger partial charge is 0.125 e. The SMILES string of the molecule is Cc1nccc(-c2cccc(N3CCC(NCc4ccsc4)CC3)c2)n1. The highest BCUT2D eigenvalue weighted by Crippen LogP contribution is 2.26. The first-order valence-corrected chi connectivity index (χ1v) is 10.1. The highest BCUT2D eigenvalue weighted by molar-refractivity contribution is 7.07. The maximum atomic E-state index is 4.55. The highest BCUT2D eigenvalue weighted by Gasteiger charge is 2.19. The van der Waals surface area contributed by atoms with Gasteiger partial charge in [-0.25, -0.2) is 9.97 Å². The lowest BCUT2D eigenvalue weighted by atomic mass is 10.0. The fourth-order valence-electron chi connectivity index (χ4n) is 3.48. The second-order valence-corrected chi connectivity index (χ2v) is 7.59. The Hall–Kier alpha value is -2.24. The molecule has 5 heteroatoms. The van der Waals surface area contributed by atoms with E-state index in [4.69, 9.17) is 0 Å². The molecule has 4 rings (SSSR count). The molecule has 3 aromatic rings. The van der Waals surface area contributed by atoms with Crippen LogP contribution in [0.1, 0.15) is 24.2 Å². The largest absolute Gasteiger partial charge is 0.371 e. The molecule has 1 aromatic carbocycles. The lowest BCUT2D eigenvalue weighted by Crippen LogP contribution is -2.42. The van der Waals surface area contributed by atoms with Crippen molar-refractivity contribution in [1.82, 2.24) is 15.3 Å². The Morgan fingerprint density at radius 3 is 2.85 bits per heavy atom. The van der Waals surface area contributed by atoms with Crippen LogP contribution in [0, 0.1) is 6.92 Å². The predicted molar refractivity (Wildman–Crippen MR) is 109 cm³/mol. The van der Waals surface area contributed by atoms with Crippen molar-refractivity contribution < 1.29 is 0 Å². The second-order valence-electron chi connectivity index (χ2n) is 6.81. The number of hydrogen-bond donors (Lipinski definition) is 1. The van der Waals surface area contributed by atoms with Crippen molar-refractivity contribution in [3.63, 3.8) is 0 Å². The van der Waals surface area contributed by atoms with Crippen LogP contribution in [0.25, 0.3) is 11.3 Å². The molecule has 0 amide bonds. The molecule has 1 aliphatic rings. The summed E-state index contributed by atoms with van der Waals surface area (Å²) in [6.07, 6.45) is 4.19. The van der Waals surface area contributed by atoms with E-state index in [9.17, 15) is 0 Å². The average molecular weight is 365 g/mol. The molecule has 0 atom stereocenters. The molecule has 0 spiro atoms. The molecule has 134 valence electrons. The average Bonchev–Trinajstić information content (AvgIpc) is 3.21. The summed E-state index contributed by atoms with van der Waals surface area (Å²) in [5.74, 6) is 0.811. The lowest BCUT2D eigenvalue weighted by molar-refractivity contribution is 0.414. The van der Waals surface area contributed by atoms with E-state index in [2.05, 4.69) is 61.3 Å². The van der Waals surface area contributed by atoms with Gasteiger partial charge >= 0.3 is 0 Å². The van der Waals surface area contributed by atoms with Gasteiger partial charge in [0.15, 0.2) is 0 Å². The molecule has 3 heterocycles. The zero-order valence-electron chi connectivity index (χ0n) is 15.1. The molecule has 1 N–H and O–H groups in total. The lowest BCUT2D eigenvalue weighted by Gasteiger charge is -2.34. The number of nitrogens with zero attached hydrogens (tertiary/aromatic N) is 3. The van der Waals surface area contributed by atoms with Crippen LogP contribution in [0.4, 0.5) is 5.69 Å². The number of piperidine rings is 1. The van der Waals surface area contributed by atoms with Gasteiger partial charge in [0, 0.05) is 43.1 Å². The molecule has 2 aromatic heterocycles. The molecule has 1 aliphatic heterocycles. The summed E-state index contributed by atoms with van der Waals surface area (Å²) in [6, 6.07) is 13.5. The van der Waals surface area contributed by atoms with E-state index in [0.717, 1.165) is 36.7 Å². The van der Waals surface area contributed by atoms with E-state index >= 15 is 0 Å². The Labute approximate surface area is 158 Å². The summed E-state index contributed by atoms with van der Waals surface area (Å²) < 4.78 is 0. The molecule has 0 unspecified atom stereocenters. The van der Waals surface area contributed by atoms with Crippen molar-refractivity contribution in [2.24, 2.45) is 0 Å². The monoisotopic (exact) mass is 364 g/mol. The normalized spacial score (nSPS) is 15.3. The van der Waals surface area contributed by atoms with E-state index in [1.54, 1.807) is 11.3 Å². The quantitative estimate of drug-likeness (QED) is 0.734. The van der Waals surface area contributed by atoms with Gasteiger partial charge in [-0.1, -0.05) is 12.1 Å². The molecule has 4 nitrogen and oxygen atoms in total. The molecule has 0 aliphatic carbocycles. The summed E-state index contributed by atoms with van der Waals surface area (Å²) in [6.45, 7) is 5.10. The zero-order valence-corrected chi connectivity index (χ0v) is 15.9. The molecule has 1 saturated heterocycles. The van der Waals surface area contributed by atoms with Crippen molar-refractivity contribution in [3.05, 3.63) is 64.7 Å². The maximum Gasteiger partial charge on any atom is 0.125 e. The Kier molecular flexibility index (Phi) is 5.27. The van der Waals surface area contributed by atoms with Gasteiger partial charge in [0.2, 0.25) is 0 Å². The third-order valence-corrected chi connectivity index (χ3v) is 5.69. The second kappa shape index (κ2) is 7.98. The summed E-state index contributed by atoms with van der Waals surface area (Å²) in [5.41, 5.74) is 4.83. The van der Waals surface area contributed by atoms with Crippen LogP contribution in [0.5, 0.6) is 0 Å². The topological polar surface area (TPSA) is 41.1 Å². The first kappa shape index (κ1) is 17.2. The Morgan fingerprint density at radius 1 is 1.19 bits per heavy atom. The fraction of sp³-hybridized carbons (Fsp3) is 0.333. The molecule has 26 heavy (non-hydrogen) atoms. The van der Waals surface area contributed by atoms with Gasteiger partial charge < -0.3 is 10.2 Å². The van der Waals surface area contributed by atoms with Crippen LogP contribution in [0.2, 0.25) is 0 Å². The third kappa shape index (κ3) is 4.11. The maximum absolute atomic E-state index is 4.55. The van der Waals surface area contributed by atoms with E-state index in [1.165, 1.54) is 24.1 Å². The summed E-state index contributed by atoms with van der Waals surface area (Å²) in [7, 11) is 0. The van der Waals surface area contributed by atoms with Crippen molar-refractivity contribution in [1.29, 1.82) is 0 Å². The number of nitrogens with one attached hydrogen (secondary N) is 1. The van der Waals surface area contributed by atoms with Crippen molar-refractivity contribution >= 4 is 17.0 Å². The van der Waals surface area contributed by atoms with Gasteiger partial charge in [-0.05, 0) is 60.4 Å². The number of aryl methyl sites for hydroxylation is 1. The van der Waals surface area contributed by atoms with Crippen LogP contribution >= 0.6 is 11.3 Å². The van der Waals surface area contributed by atoms with Crippen LogP contribution < -0.4 is 10.2 Å². The van der Waals surface area contributed by atoms with Crippen LogP contribution in [-0.4, -0.2) is 29.1 Å². The highest BCUT2D eigenvalue weighted by atomic mass is 32.1. The summed E-state index contributed by atoms with van der Waals surface area (Å²) in [4.78, 5) is 11.2. The van der Waals surface area contributed by atoms with E-state index in [0.29, 0.717) is 6.04 Å². The first-order valence-electron chi connectivity index (χ1n) is 9.17. The minimum atomic E-state index is 0.610. The predicted octanol–water partition coefficient (Wildman–Crippen LogP) is 4.27. The number of rotatable bonds is 5. The Morgan fingerprint density at radius 2 is 2.08 bits per heavy atom. The fourth-order valence-corrected chi connectivity index (χ4v) is 4.14. The van der Waals surface area contributed by atoms with Gasteiger partial charge in [0.05, 0.1) is 5.69 Å². The first-order chi connectivity index (χ1) is 12.8. The van der Waals surface area contributed by atoms with Crippen LogP contribution in [0.15, 0.2) is 53.4 Å². The van der Waals surface area contributed by atoms with Crippen molar-refractivity contribution in [3.8, 4) is 11.3 Å². The third-order valence-electron chi connectivity index (χ3n) is 4.95. The van der Waals surface area contributed by atoms with Gasteiger partial charge in [-0.15, -0.1) is 0 Å². The van der Waals surface area contributed by atoms with Crippen LogP contribution in [0.3, 0.4) is 0 Å². The van der Waals surface area contributed by atoms with Crippen molar-refractivity contribution in [2.75, 3.05) is 18.0 Å². The van der Waals surface area contributed by atoms with Crippen molar-refractivity contribution in [2.45, 2.75) is 32.4 Å². The number of aromatic nitrogens is 2. The van der Waals surface area contributed by atoms with E-state index in [1.807, 2.05) is 19.2 Å². The number of hydrogen-bond acceptors (Lipinski definition) is 5. The van der Waals surface area contributed by atoms with Gasteiger partial charge in [0.25, 0.3) is 0 Å². The van der Waals surface area contributed by atoms with Gasteiger partial charge in [-0.2, -0.15) is 11.3 Å². The van der Waals surface area contributed by atoms with Gasteiger partial charge in [-0.3, -0.25) is 0 Å². The van der Waals surface area contributed by atoms with E-state index in [-0.39, 0.29) is 0 Å². The summed E-state index contributed by atoms with van der Waals surface area (Å²) >= 11 is 1.77. The Balaban J connectivity index is 1.38. The molecule has 0 saturated carbocycles. The number of benzene rings is 1. The minimum absolute atomic E-state index is 0.610.